The van der Waals surface area contributed by atoms with Crippen LogP contribution in [0, 0.1) is 13.8 Å². The molecule has 0 atom stereocenters. The van der Waals surface area contributed by atoms with E-state index in [4.69, 9.17) is 23.2 Å². The molecule has 0 saturated carbocycles. The van der Waals surface area contributed by atoms with Crippen molar-refractivity contribution in [2.75, 3.05) is 6.54 Å². The highest BCUT2D eigenvalue weighted by atomic mass is 35.5. The van der Waals surface area contributed by atoms with Crippen LogP contribution in [-0.2, 0) is 6.54 Å². The van der Waals surface area contributed by atoms with Crippen LogP contribution in [0.2, 0.25) is 10.0 Å². The SMILES string of the molecule is Cc1nc(C)c(-c2ccc(=O)n(CCNC(=O)c3cc(Cl)ccc3Cl)n2)s1. The molecule has 0 saturated heterocycles. The number of nitrogens with zero attached hydrogens (tertiary/aromatic N) is 3. The predicted octanol–water partition coefficient (Wildman–Crippen LogP) is 3.72. The van der Waals surface area contributed by atoms with Crippen LogP contribution < -0.4 is 10.9 Å². The van der Waals surface area contributed by atoms with Crippen LogP contribution >= 0.6 is 34.5 Å². The van der Waals surface area contributed by atoms with Crippen molar-refractivity contribution >= 4 is 40.4 Å². The smallest absolute Gasteiger partial charge is 0.266 e. The first-order chi connectivity index (χ1) is 12.8. The van der Waals surface area contributed by atoms with Gasteiger partial charge in [0, 0.05) is 17.6 Å². The van der Waals surface area contributed by atoms with Crippen molar-refractivity contribution in [1.82, 2.24) is 20.1 Å². The average molecular weight is 423 g/mol. The second-order valence-electron chi connectivity index (χ2n) is 5.81. The number of thiazole rings is 1. The van der Waals surface area contributed by atoms with Gasteiger partial charge in [-0.2, -0.15) is 5.10 Å². The summed E-state index contributed by atoms with van der Waals surface area (Å²) in [5.74, 6) is -0.361. The Balaban J connectivity index is 1.72. The molecule has 0 aliphatic rings. The molecule has 0 spiro atoms. The van der Waals surface area contributed by atoms with Gasteiger partial charge in [-0.3, -0.25) is 9.59 Å². The lowest BCUT2D eigenvalue weighted by Gasteiger charge is -2.09. The lowest BCUT2D eigenvalue weighted by Crippen LogP contribution is -2.32. The molecule has 0 unspecified atom stereocenters. The number of aromatic nitrogens is 3. The van der Waals surface area contributed by atoms with Crippen LogP contribution in [-0.4, -0.2) is 27.2 Å². The maximum atomic E-state index is 12.3. The molecule has 2 aromatic heterocycles. The predicted molar refractivity (Wildman–Crippen MR) is 108 cm³/mol. The first-order valence-electron chi connectivity index (χ1n) is 8.11. The lowest BCUT2D eigenvalue weighted by atomic mass is 10.2. The molecule has 1 aromatic carbocycles. The Hall–Kier alpha value is -2.22. The van der Waals surface area contributed by atoms with E-state index in [1.165, 1.54) is 28.2 Å². The van der Waals surface area contributed by atoms with Crippen molar-refractivity contribution in [2.45, 2.75) is 20.4 Å². The van der Waals surface area contributed by atoms with Gasteiger partial charge in [-0.25, -0.2) is 9.67 Å². The summed E-state index contributed by atoms with van der Waals surface area (Å²) < 4.78 is 1.32. The molecule has 1 N–H and O–H groups in total. The number of halogens is 2. The molecule has 3 aromatic rings. The van der Waals surface area contributed by atoms with E-state index in [2.05, 4.69) is 15.4 Å². The van der Waals surface area contributed by atoms with Gasteiger partial charge in [0.25, 0.3) is 11.5 Å². The van der Waals surface area contributed by atoms with Gasteiger partial charge >= 0.3 is 0 Å². The summed E-state index contributed by atoms with van der Waals surface area (Å²) in [5.41, 5.74) is 1.60. The fourth-order valence-electron chi connectivity index (χ4n) is 2.54. The molecular weight excluding hydrogens is 407 g/mol. The molecule has 6 nitrogen and oxygen atoms in total. The van der Waals surface area contributed by atoms with Gasteiger partial charge in [-0.1, -0.05) is 23.2 Å². The number of carbonyl (C=O) groups is 1. The number of benzene rings is 1. The van der Waals surface area contributed by atoms with E-state index in [-0.39, 0.29) is 30.1 Å². The first-order valence-corrected chi connectivity index (χ1v) is 9.68. The summed E-state index contributed by atoms with van der Waals surface area (Å²) in [6.07, 6.45) is 0. The highest BCUT2D eigenvalue weighted by molar-refractivity contribution is 7.15. The first kappa shape index (κ1) is 19.5. The van der Waals surface area contributed by atoms with Crippen LogP contribution in [0.5, 0.6) is 0 Å². The standard InChI is InChI=1S/C18H16Cl2N4O2S/c1-10-17(27-11(2)22-10)15-5-6-16(25)24(23-15)8-7-21-18(26)13-9-12(19)3-4-14(13)20/h3-6,9H,7-8H2,1-2H3,(H,21,26). The van der Waals surface area contributed by atoms with Gasteiger partial charge in [0.1, 0.15) is 5.69 Å². The Morgan fingerprint density at radius 3 is 2.70 bits per heavy atom. The van der Waals surface area contributed by atoms with Crippen molar-refractivity contribution in [2.24, 2.45) is 0 Å². The van der Waals surface area contributed by atoms with E-state index in [1.807, 2.05) is 13.8 Å². The van der Waals surface area contributed by atoms with Crippen LogP contribution in [0.1, 0.15) is 21.1 Å². The van der Waals surface area contributed by atoms with Gasteiger partial charge in [0.2, 0.25) is 0 Å². The third kappa shape index (κ3) is 4.55. The molecule has 0 fully saturated rings. The Kier molecular flexibility index (Phi) is 5.94. The summed E-state index contributed by atoms with van der Waals surface area (Å²) >= 11 is 13.5. The minimum atomic E-state index is -0.361. The number of nitrogens with one attached hydrogen (secondary N) is 1. The highest BCUT2D eigenvalue weighted by Crippen LogP contribution is 2.27. The van der Waals surface area contributed by atoms with E-state index in [1.54, 1.807) is 18.2 Å². The minimum Gasteiger partial charge on any atom is -0.350 e. The van der Waals surface area contributed by atoms with E-state index in [0.29, 0.717) is 15.7 Å². The van der Waals surface area contributed by atoms with Crippen molar-refractivity contribution in [3.05, 3.63) is 67.0 Å². The minimum absolute atomic E-state index is 0.221. The fraction of sp³-hybridized carbons (Fsp3) is 0.222. The van der Waals surface area contributed by atoms with E-state index in [9.17, 15) is 9.59 Å². The largest absolute Gasteiger partial charge is 0.350 e. The Morgan fingerprint density at radius 2 is 2.00 bits per heavy atom. The third-order valence-electron chi connectivity index (χ3n) is 3.78. The van der Waals surface area contributed by atoms with E-state index >= 15 is 0 Å². The maximum Gasteiger partial charge on any atom is 0.266 e. The van der Waals surface area contributed by atoms with E-state index in [0.717, 1.165) is 15.6 Å². The van der Waals surface area contributed by atoms with Crippen LogP contribution in [0.4, 0.5) is 0 Å². The zero-order valence-electron chi connectivity index (χ0n) is 14.6. The topological polar surface area (TPSA) is 76.9 Å². The van der Waals surface area contributed by atoms with Crippen LogP contribution in [0.15, 0.2) is 35.1 Å². The fourth-order valence-corrected chi connectivity index (χ4v) is 3.80. The monoisotopic (exact) mass is 422 g/mol. The molecule has 27 heavy (non-hydrogen) atoms. The van der Waals surface area contributed by atoms with Gasteiger partial charge in [0.15, 0.2) is 0 Å². The van der Waals surface area contributed by atoms with Gasteiger partial charge in [-0.05, 0) is 38.1 Å². The lowest BCUT2D eigenvalue weighted by molar-refractivity contribution is 0.0952. The molecular formula is C18H16Cl2N4O2S. The normalized spacial score (nSPS) is 10.8. The Labute approximate surface area is 169 Å². The van der Waals surface area contributed by atoms with Crippen LogP contribution in [0.25, 0.3) is 10.6 Å². The van der Waals surface area contributed by atoms with Crippen molar-refractivity contribution in [1.29, 1.82) is 0 Å². The van der Waals surface area contributed by atoms with Crippen molar-refractivity contribution in [3.63, 3.8) is 0 Å². The number of rotatable bonds is 5. The van der Waals surface area contributed by atoms with E-state index < -0.39 is 0 Å². The van der Waals surface area contributed by atoms with Crippen molar-refractivity contribution in [3.8, 4) is 10.6 Å². The Morgan fingerprint density at radius 1 is 1.22 bits per heavy atom. The molecule has 0 aliphatic carbocycles. The highest BCUT2D eigenvalue weighted by Gasteiger charge is 2.12. The van der Waals surface area contributed by atoms with Crippen LogP contribution in [0.3, 0.4) is 0 Å². The third-order valence-corrected chi connectivity index (χ3v) is 5.45. The molecule has 0 bridgehead atoms. The molecule has 0 radical (unpaired) electrons. The summed E-state index contributed by atoms with van der Waals surface area (Å²) in [5, 5.41) is 8.79. The number of hydrogen-bond acceptors (Lipinski definition) is 5. The number of hydrogen-bond donors (Lipinski definition) is 1. The zero-order chi connectivity index (χ0) is 19.6. The molecule has 140 valence electrons. The summed E-state index contributed by atoms with van der Waals surface area (Å²) in [6, 6.07) is 7.82. The van der Waals surface area contributed by atoms with Gasteiger partial charge < -0.3 is 5.32 Å². The number of amides is 1. The summed E-state index contributed by atoms with van der Waals surface area (Å²) in [7, 11) is 0. The second-order valence-corrected chi connectivity index (χ2v) is 7.85. The quantitative estimate of drug-likeness (QED) is 0.679. The second kappa shape index (κ2) is 8.21. The zero-order valence-corrected chi connectivity index (χ0v) is 17.0. The summed E-state index contributed by atoms with van der Waals surface area (Å²) in [6.45, 7) is 4.28. The van der Waals surface area contributed by atoms with Gasteiger partial charge in [0.05, 0.1) is 32.7 Å². The molecule has 2 heterocycles. The van der Waals surface area contributed by atoms with Crippen molar-refractivity contribution < 1.29 is 4.79 Å². The molecule has 1 amide bonds. The maximum absolute atomic E-state index is 12.3. The molecule has 0 aliphatic heterocycles. The number of aryl methyl sites for hydroxylation is 2. The Bertz CT molecular complexity index is 1060. The summed E-state index contributed by atoms with van der Waals surface area (Å²) in [4.78, 5) is 29.6. The molecule has 9 heteroatoms. The number of carbonyl (C=O) groups excluding carboxylic acids is 1. The van der Waals surface area contributed by atoms with Gasteiger partial charge in [-0.15, -0.1) is 11.3 Å². The average Bonchev–Trinajstić information content (AvgIpc) is 2.96. The molecule has 3 rings (SSSR count).